The SMILES string of the molecule is CC(C)c1nc2ccc(Br)cc2c(=O)n1N=Cc1cc(Cl)c(OCC(C)(C)C)c(Br)c1. The first kappa shape index (κ1) is 24.0. The summed E-state index contributed by atoms with van der Waals surface area (Å²) >= 11 is 13.4. The van der Waals surface area contributed by atoms with E-state index in [1.54, 1.807) is 18.3 Å². The summed E-state index contributed by atoms with van der Waals surface area (Å²) in [6, 6.07) is 9.08. The normalized spacial score (nSPS) is 12.3. The van der Waals surface area contributed by atoms with Gasteiger partial charge in [-0.25, -0.2) is 4.98 Å². The first-order chi connectivity index (χ1) is 14.5. The fraction of sp³-hybridized carbons (Fsp3) is 0.348. The molecule has 0 amide bonds. The van der Waals surface area contributed by atoms with Crippen molar-refractivity contribution in [3.8, 4) is 5.75 Å². The second-order valence-corrected chi connectivity index (χ2v) is 11.0. The number of rotatable bonds is 5. The molecule has 0 saturated heterocycles. The molecule has 0 spiro atoms. The van der Waals surface area contributed by atoms with Gasteiger partial charge in [0.15, 0.2) is 5.75 Å². The van der Waals surface area contributed by atoms with Crippen LogP contribution in [0.2, 0.25) is 5.02 Å². The van der Waals surface area contributed by atoms with Crippen LogP contribution in [0.25, 0.3) is 10.9 Å². The van der Waals surface area contributed by atoms with Gasteiger partial charge in [-0.1, -0.05) is 62.1 Å². The summed E-state index contributed by atoms with van der Waals surface area (Å²) in [6.07, 6.45) is 1.60. The minimum atomic E-state index is -0.221. The molecule has 3 aromatic rings. The van der Waals surface area contributed by atoms with Crippen molar-refractivity contribution < 1.29 is 4.74 Å². The third-order valence-electron chi connectivity index (χ3n) is 4.34. The zero-order valence-electron chi connectivity index (χ0n) is 18.0. The highest BCUT2D eigenvalue weighted by Gasteiger charge is 2.16. The van der Waals surface area contributed by atoms with Crippen LogP contribution in [0.5, 0.6) is 5.75 Å². The molecule has 164 valence electrons. The van der Waals surface area contributed by atoms with Crippen molar-refractivity contribution in [3.63, 3.8) is 0 Å². The molecule has 0 N–H and O–H groups in total. The van der Waals surface area contributed by atoms with E-state index in [9.17, 15) is 4.79 Å². The van der Waals surface area contributed by atoms with Crippen LogP contribution >= 0.6 is 43.5 Å². The van der Waals surface area contributed by atoms with Crippen LogP contribution in [-0.4, -0.2) is 22.5 Å². The lowest BCUT2D eigenvalue weighted by molar-refractivity contribution is 0.197. The van der Waals surface area contributed by atoms with E-state index in [1.807, 2.05) is 32.0 Å². The first-order valence-electron chi connectivity index (χ1n) is 9.84. The fourth-order valence-electron chi connectivity index (χ4n) is 2.86. The molecule has 2 aromatic carbocycles. The highest BCUT2D eigenvalue weighted by atomic mass is 79.9. The number of halogens is 3. The summed E-state index contributed by atoms with van der Waals surface area (Å²) in [4.78, 5) is 17.8. The third kappa shape index (κ3) is 5.76. The number of benzene rings is 2. The average Bonchev–Trinajstić information content (AvgIpc) is 2.65. The fourth-order valence-corrected chi connectivity index (χ4v) is 4.21. The monoisotopic (exact) mass is 567 g/mol. The lowest BCUT2D eigenvalue weighted by Gasteiger charge is -2.20. The Balaban J connectivity index is 2.02. The predicted octanol–water partition coefficient (Wildman–Crippen LogP) is 7.01. The van der Waals surface area contributed by atoms with Gasteiger partial charge in [-0.05, 0) is 57.2 Å². The summed E-state index contributed by atoms with van der Waals surface area (Å²) in [5, 5.41) is 5.43. The maximum absolute atomic E-state index is 13.1. The van der Waals surface area contributed by atoms with Crippen molar-refractivity contribution in [3.05, 3.63) is 66.0 Å². The van der Waals surface area contributed by atoms with E-state index in [0.717, 1.165) is 14.5 Å². The molecule has 8 heteroatoms. The Hall–Kier alpha value is -1.70. The minimum absolute atomic E-state index is 0.00932. The van der Waals surface area contributed by atoms with Crippen molar-refractivity contribution in [2.45, 2.75) is 40.5 Å². The molecule has 1 heterocycles. The number of aromatic nitrogens is 2. The van der Waals surface area contributed by atoms with Crippen molar-refractivity contribution in [1.29, 1.82) is 0 Å². The average molecular weight is 570 g/mol. The Bertz CT molecular complexity index is 1190. The van der Waals surface area contributed by atoms with Gasteiger partial charge in [0.2, 0.25) is 0 Å². The molecule has 0 radical (unpaired) electrons. The summed E-state index contributed by atoms with van der Waals surface area (Å²) in [5.74, 6) is 1.19. The maximum atomic E-state index is 13.1. The largest absolute Gasteiger partial charge is 0.490 e. The summed E-state index contributed by atoms with van der Waals surface area (Å²) in [7, 11) is 0. The number of hydrogen-bond acceptors (Lipinski definition) is 4. The van der Waals surface area contributed by atoms with Gasteiger partial charge in [0.25, 0.3) is 5.56 Å². The molecule has 0 aliphatic carbocycles. The van der Waals surface area contributed by atoms with E-state index < -0.39 is 0 Å². The van der Waals surface area contributed by atoms with Crippen LogP contribution in [0.15, 0.2) is 49.2 Å². The summed E-state index contributed by atoms with van der Waals surface area (Å²) < 4.78 is 8.78. The minimum Gasteiger partial charge on any atom is -0.490 e. The molecular formula is C23H24Br2ClN3O2. The Labute approximate surface area is 203 Å². The predicted molar refractivity (Wildman–Crippen MR) is 135 cm³/mol. The number of ether oxygens (including phenoxy) is 1. The second kappa shape index (κ2) is 9.43. The number of fused-ring (bicyclic) bond motifs is 1. The zero-order chi connectivity index (χ0) is 22.9. The van der Waals surface area contributed by atoms with Gasteiger partial charge < -0.3 is 4.74 Å². The van der Waals surface area contributed by atoms with Crippen LogP contribution in [0.1, 0.15) is 51.9 Å². The second-order valence-electron chi connectivity index (χ2n) is 8.81. The van der Waals surface area contributed by atoms with Crippen molar-refractivity contribution in [2.75, 3.05) is 6.61 Å². The van der Waals surface area contributed by atoms with Gasteiger partial charge in [0.1, 0.15) is 5.82 Å². The van der Waals surface area contributed by atoms with Gasteiger partial charge in [0, 0.05) is 10.4 Å². The van der Waals surface area contributed by atoms with Crippen LogP contribution < -0.4 is 10.3 Å². The molecule has 0 atom stereocenters. The van der Waals surface area contributed by atoms with Crippen LogP contribution in [0, 0.1) is 5.41 Å². The Morgan fingerprint density at radius 2 is 1.94 bits per heavy atom. The Morgan fingerprint density at radius 3 is 2.55 bits per heavy atom. The zero-order valence-corrected chi connectivity index (χ0v) is 22.0. The quantitative estimate of drug-likeness (QED) is 0.311. The standard InChI is InChI=1S/C23H24Br2ClN3O2/c1-13(2)21-28-19-7-6-15(24)10-16(19)22(30)29(21)27-11-14-8-17(25)20(18(26)9-14)31-12-23(3,4)5/h6-11,13H,12H2,1-5H3. The number of hydrogen-bond donors (Lipinski definition) is 0. The Kier molecular flexibility index (Phi) is 7.28. The molecule has 1 aromatic heterocycles. The van der Waals surface area contributed by atoms with Crippen molar-refractivity contribution >= 4 is 60.6 Å². The molecule has 0 unspecified atom stereocenters. The van der Waals surface area contributed by atoms with Crippen molar-refractivity contribution in [2.24, 2.45) is 10.5 Å². The summed E-state index contributed by atoms with van der Waals surface area (Å²) in [6.45, 7) is 10.8. The summed E-state index contributed by atoms with van der Waals surface area (Å²) in [5.41, 5.74) is 1.17. The van der Waals surface area contributed by atoms with E-state index in [-0.39, 0.29) is 16.9 Å². The topological polar surface area (TPSA) is 56.5 Å². The lowest BCUT2D eigenvalue weighted by Crippen LogP contribution is -2.23. The first-order valence-corrected chi connectivity index (χ1v) is 11.8. The smallest absolute Gasteiger partial charge is 0.282 e. The van der Waals surface area contributed by atoms with E-state index in [1.165, 1.54) is 4.68 Å². The van der Waals surface area contributed by atoms with Crippen LogP contribution in [0.4, 0.5) is 0 Å². The van der Waals surface area contributed by atoms with E-state index >= 15 is 0 Å². The Morgan fingerprint density at radius 1 is 1.23 bits per heavy atom. The maximum Gasteiger partial charge on any atom is 0.282 e. The molecule has 0 saturated carbocycles. The molecule has 0 bridgehead atoms. The van der Waals surface area contributed by atoms with E-state index in [2.05, 4.69) is 62.7 Å². The van der Waals surface area contributed by atoms with Crippen LogP contribution in [-0.2, 0) is 0 Å². The molecule has 5 nitrogen and oxygen atoms in total. The van der Waals surface area contributed by atoms with E-state index in [0.29, 0.717) is 34.1 Å². The van der Waals surface area contributed by atoms with Gasteiger partial charge >= 0.3 is 0 Å². The molecule has 31 heavy (non-hydrogen) atoms. The van der Waals surface area contributed by atoms with Gasteiger partial charge in [0.05, 0.1) is 33.2 Å². The van der Waals surface area contributed by atoms with Gasteiger partial charge in [-0.15, -0.1) is 0 Å². The lowest BCUT2D eigenvalue weighted by atomic mass is 9.99. The molecule has 0 fully saturated rings. The van der Waals surface area contributed by atoms with Crippen molar-refractivity contribution in [1.82, 2.24) is 9.66 Å². The molecule has 0 aliphatic heterocycles. The highest BCUT2D eigenvalue weighted by Crippen LogP contribution is 2.35. The third-order valence-corrected chi connectivity index (χ3v) is 5.71. The molecular weight excluding hydrogens is 546 g/mol. The number of nitrogens with zero attached hydrogens (tertiary/aromatic N) is 3. The van der Waals surface area contributed by atoms with E-state index in [4.69, 9.17) is 16.3 Å². The molecule has 3 rings (SSSR count). The highest BCUT2D eigenvalue weighted by molar-refractivity contribution is 9.10. The molecule has 0 aliphatic rings. The van der Waals surface area contributed by atoms with Gasteiger partial charge in [-0.3, -0.25) is 4.79 Å². The van der Waals surface area contributed by atoms with Crippen LogP contribution in [0.3, 0.4) is 0 Å². The van der Waals surface area contributed by atoms with Gasteiger partial charge in [-0.2, -0.15) is 9.78 Å².